The Morgan fingerprint density at radius 2 is 1.23 bits per heavy atom. The number of methoxy groups -OCH3 is 1. The number of ether oxygens (including phenoxy) is 1. The number of benzene rings is 3. The zero-order valence-corrected chi connectivity index (χ0v) is 29.8. The van der Waals surface area contributed by atoms with Gasteiger partial charge in [-0.2, -0.15) is 0 Å². The summed E-state index contributed by atoms with van der Waals surface area (Å²) in [4.78, 5) is 2.91. The van der Waals surface area contributed by atoms with Crippen molar-refractivity contribution in [2.75, 3.05) is 20.7 Å². The van der Waals surface area contributed by atoms with Crippen molar-refractivity contribution in [1.29, 1.82) is 0 Å². The summed E-state index contributed by atoms with van der Waals surface area (Å²) < 4.78 is 5.79. The highest BCUT2D eigenvalue weighted by Gasteiger charge is 2.79. The Hall–Kier alpha value is -3.88. The van der Waals surface area contributed by atoms with E-state index in [1.54, 1.807) is 0 Å². The van der Waals surface area contributed by atoms with E-state index in [1.165, 1.54) is 50.6 Å². The lowest BCUT2D eigenvalue weighted by Gasteiger charge is -2.59. The second kappa shape index (κ2) is 6.95. The van der Waals surface area contributed by atoms with Gasteiger partial charge in [-0.05, 0) is 170 Å². The van der Waals surface area contributed by atoms with Crippen molar-refractivity contribution in [1.82, 2.24) is 4.90 Å². The molecular formula is C50H39NO. The van der Waals surface area contributed by atoms with Crippen molar-refractivity contribution in [3.05, 3.63) is 114 Å². The number of likely N-dealkylation sites (tertiary alicyclic amines) is 1. The number of hydrogen-bond donors (Lipinski definition) is 0. The Kier molecular flexibility index (Phi) is 3.37. The van der Waals surface area contributed by atoms with Gasteiger partial charge < -0.3 is 4.74 Å². The molecule has 0 radical (unpaired) electrons. The fraction of sp³-hybridized carbons (Fsp3) is 0.440. The van der Waals surface area contributed by atoms with E-state index in [-0.39, 0.29) is 10.8 Å². The first kappa shape index (κ1) is 25.2. The smallest absolute Gasteiger partial charge is 0.118 e. The molecule has 2 nitrogen and oxygen atoms in total. The summed E-state index contributed by atoms with van der Waals surface area (Å²) in [6.07, 6.45) is 19.2. The first-order valence-corrected chi connectivity index (χ1v) is 21.1. The van der Waals surface area contributed by atoms with Crippen LogP contribution in [0, 0.1) is 47.3 Å². The average molecular weight is 670 g/mol. The van der Waals surface area contributed by atoms with E-state index in [0.29, 0.717) is 65.2 Å². The highest BCUT2D eigenvalue weighted by molar-refractivity contribution is 6.13. The van der Waals surface area contributed by atoms with E-state index in [1.807, 2.05) is 106 Å². The number of allylic oxidation sites excluding steroid dienone is 5. The van der Waals surface area contributed by atoms with Crippen molar-refractivity contribution in [2.24, 2.45) is 47.3 Å². The van der Waals surface area contributed by atoms with Gasteiger partial charge in [0.25, 0.3) is 0 Å². The highest BCUT2D eigenvalue weighted by Crippen LogP contribution is 2.82. The standard InChI is InChI=1S/C50H39NO/c1-51-17-49-28-15-16-29-27-14-12-25-23-10-8-21-20-7-9-22-24-11-13-26(28)36-34(24)39-32(22)30(20)38-31(21)33(23)40-35(25)37(27)47(45-43(40)41(38)42(39)44(45)46(36)49)50(29,49)48(51)18-3-5-19(52-2)6-4-18/h3-10,20-23,28-33,48H,11-17H2,1-2H3. The lowest BCUT2D eigenvalue weighted by atomic mass is 9.41. The summed E-state index contributed by atoms with van der Waals surface area (Å²) in [5, 5.41) is 7.38. The Bertz CT molecular complexity index is 2960. The molecule has 52 heavy (non-hydrogen) atoms. The molecule has 1 saturated heterocycles. The van der Waals surface area contributed by atoms with Gasteiger partial charge in [-0.15, -0.1) is 0 Å². The van der Waals surface area contributed by atoms with Crippen LogP contribution in [0.25, 0.3) is 39.0 Å². The van der Waals surface area contributed by atoms with Gasteiger partial charge in [0.05, 0.1) is 7.11 Å². The van der Waals surface area contributed by atoms with Gasteiger partial charge in [0.15, 0.2) is 0 Å². The Morgan fingerprint density at radius 3 is 1.90 bits per heavy atom. The third kappa shape index (κ3) is 1.85. The summed E-state index contributed by atoms with van der Waals surface area (Å²) in [5.74, 6) is 7.72. The predicted molar refractivity (Wildman–Crippen MR) is 201 cm³/mol. The zero-order valence-electron chi connectivity index (χ0n) is 29.8. The van der Waals surface area contributed by atoms with Crippen LogP contribution in [0.5, 0.6) is 5.75 Å². The fourth-order valence-corrected chi connectivity index (χ4v) is 19.7. The van der Waals surface area contributed by atoms with Crippen LogP contribution in [0.3, 0.4) is 0 Å². The van der Waals surface area contributed by atoms with E-state index in [9.17, 15) is 0 Å². The topological polar surface area (TPSA) is 12.5 Å². The molecule has 2 saturated carbocycles. The van der Waals surface area contributed by atoms with E-state index >= 15 is 0 Å². The lowest BCUT2D eigenvalue weighted by Crippen LogP contribution is -2.61. The summed E-state index contributed by atoms with van der Waals surface area (Å²) in [7, 11) is 4.37. The first-order chi connectivity index (χ1) is 25.7. The van der Waals surface area contributed by atoms with Crippen molar-refractivity contribution >= 4 is 27.9 Å². The van der Waals surface area contributed by atoms with Gasteiger partial charge in [-0.1, -0.05) is 64.3 Å². The minimum Gasteiger partial charge on any atom is -0.497 e. The number of likely N-dealkylation sites (N-methyl/N-ethyl adjacent to an activating group) is 1. The number of fused-ring (bicyclic) bond motifs is 5. The van der Waals surface area contributed by atoms with Crippen molar-refractivity contribution in [3.8, 4) is 16.9 Å². The minimum atomic E-state index is 0.0862. The molecule has 3 fully saturated rings. The van der Waals surface area contributed by atoms with Gasteiger partial charge >= 0.3 is 0 Å². The molecule has 13 atom stereocenters. The third-order valence-corrected chi connectivity index (χ3v) is 20.0. The molecule has 0 N–H and O–H groups in total. The Balaban J connectivity index is 1.15. The Labute approximate surface area is 302 Å². The molecule has 0 bridgehead atoms. The van der Waals surface area contributed by atoms with E-state index in [0.717, 1.165) is 5.75 Å². The van der Waals surface area contributed by atoms with Crippen LogP contribution in [-0.2, 0) is 10.8 Å². The van der Waals surface area contributed by atoms with Gasteiger partial charge in [0.1, 0.15) is 5.75 Å². The molecule has 3 aromatic rings. The van der Waals surface area contributed by atoms with Crippen LogP contribution in [0.1, 0.15) is 95.3 Å². The SMILES string of the molecule is COc1ccc(C2N(C)CC34c5c6c7c8c9c5=C5CCC=9C9C=CC%10C%11C=CC%12C%13=c%14c%15c(c-6c6c%14=C(CC%13)C(CCC53)C624)C7=C(C%10C89)C%11C%15%12)cc1. The predicted octanol–water partition coefficient (Wildman–Crippen LogP) is 5.97. The molecular weight excluding hydrogens is 631 g/mol. The molecule has 0 amide bonds. The lowest BCUT2D eigenvalue weighted by molar-refractivity contribution is 0.0898. The quantitative estimate of drug-likeness (QED) is 0.244. The largest absolute Gasteiger partial charge is 0.497 e. The Morgan fingerprint density at radius 1 is 0.635 bits per heavy atom. The average Bonchev–Trinajstić information content (AvgIpc) is 4.01. The molecule has 15 aliphatic rings. The van der Waals surface area contributed by atoms with Gasteiger partial charge in [-0.3, -0.25) is 4.90 Å². The van der Waals surface area contributed by atoms with E-state index in [4.69, 9.17) is 4.74 Å². The minimum absolute atomic E-state index is 0.0862. The summed E-state index contributed by atoms with van der Waals surface area (Å²) in [6.45, 7) is 1.21. The second-order valence-electron chi connectivity index (χ2n) is 20.2. The van der Waals surface area contributed by atoms with Gasteiger partial charge in [0.2, 0.25) is 0 Å². The summed E-state index contributed by atoms with van der Waals surface area (Å²) in [6, 6.07) is 9.88. The maximum absolute atomic E-state index is 5.79. The molecule has 2 spiro atoms. The summed E-state index contributed by atoms with van der Waals surface area (Å²) >= 11 is 0. The van der Waals surface area contributed by atoms with Crippen molar-refractivity contribution in [3.63, 3.8) is 0 Å². The number of nitrogens with zero attached hydrogens (tertiary/aromatic N) is 1. The summed E-state index contributed by atoms with van der Waals surface area (Å²) in [5.41, 5.74) is 28.1. The van der Waals surface area contributed by atoms with Crippen LogP contribution < -0.4 is 25.6 Å². The molecule has 18 rings (SSSR count). The maximum Gasteiger partial charge on any atom is 0.118 e. The maximum atomic E-state index is 5.79. The van der Waals surface area contributed by atoms with Crippen LogP contribution in [0.2, 0.25) is 0 Å². The monoisotopic (exact) mass is 669 g/mol. The molecule has 1 aliphatic heterocycles. The molecule has 3 aromatic carbocycles. The molecule has 0 aromatic heterocycles. The first-order valence-electron chi connectivity index (χ1n) is 21.1. The van der Waals surface area contributed by atoms with Crippen LogP contribution >= 0.6 is 0 Å². The molecule has 13 unspecified atom stereocenters. The normalized spacial score (nSPS) is 45.6. The van der Waals surface area contributed by atoms with Gasteiger partial charge in [-0.25, -0.2) is 0 Å². The highest BCUT2D eigenvalue weighted by atomic mass is 16.5. The van der Waals surface area contributed by atoms with Gasteiger partial charge in [0, 0.05) is 47.1 Å². The zero-order chi connectivity index (χ0) is 32.8. The molecule has 1 heterocycles. The van der Waals surface area contributed by atoms with Crippen LogP contribution in [0.4, 0.5) is 0 Å². The van der Waals surface area contributed by atoms with Crippen molar-refractivity contribution in [2.45, 2.75) is 67.2 Å². The fourth-order valence-electron chi connectivity index (χ4n) is 19.7. The molecule has 2 heteroatoms. The van der Waals surface area contributed by atoms with E-state index in [2.05, 4.69) is 60.5 Å². The second-order valence-corrected chi connectivity index (χ2v) is 20.2. The van der Waals surface area contributed by atoms with E-state index < -0.39 is 0 Å². The van der Waals surface area contributed by atoms with Crippen LogP contribution in [0.15, 0.2) is 54.1 Å². The number of rotatable bonds is 2. The molecule has 14 aliphatic carbocycles. The molecule has 250 valence electrons. The van der Waals surface area contributed by atoms with Crippen LogP contribution in [-0.4, -0.2) is 25.6 Å². The van der Waals surface area contributed by atoms with Crippen molar-refractivity contribution < 1.29 is 4.74 Å². The third-order valence-electron chi connectivity index (χ3n) is 20.0. The number of hydrogen-bond acceptors (Lipinski definition) is 2.